The minimum absolute atomic E-state index is 0.00489. The van der Waals surface area contributed by atoms with Crippen LogP contribution in [0, 0.1) is 0 Å². The SMILES string of the molecule is CCN1CCN(c2ccccc2NC(=O)CCC(=O)c2ccccc2)CC1. The molecular formula is C22H27N3O2. The standard InChI is InChI=1S/C22H27N3O2/c1-2-24-14-16-25(17-15-24)20-11-7-6-10-19(20)23-22(27)13-12-21(26)18-8-4-3-5-9-18/h3-11H,2,12-17H2,1H3,(H,23,27). The maximum atomic E-state index is 12.4. The Morgan fingerprint density at radius 2 is 1.56 bits per heavy atom. The normalized spacial score (nSPS) is 14.8. The molecule has 1 aliphatic rings. The molecule has 0 radical (unpaired) electrons. The van der Waals surface area contributed by atoms with Crippen molar-refractivity contribution in [2.24, 2.45) is 0 Å². The Balaban J connectivity index is 1.57. The van der Waals surface area contributed by atoms with Crippen LogP contribution in [-0.2, 0) is 4.79 Å². The van der Waals surface area contributed by atoms with Crippen molar-refractivity contribution in [1.82, 2.24) is 4.90 Å². The first kappa shape index (κ1) is 19.1. The van der Waals surface area contributed by atoms with Crippen LogP contribution in [0.2, 0.25) is 0 Å². The predicted molar refractivity (Wildman–Crippen MR) is 109 cm³/mol. The number of piperazine rings is 1. The van der Waals surface area contributed by atoms with Crippen molar-refractivity contribution in [3.05, 3.63) is 60.2 Å². The van der Waals surface area contributed by atoms with E-state index in [2.05, 4.69) is 22.0 Å². The van der Waals surface area contributed by atoms with Crippen molar-refractivity contribution >= 4 is 23.1 Å². The van der Waals surface area contributed by atoms with E-state index in [9.17, 15) is 9.59 Å². The van der Waals surface area contributed by atoms with Gasteiger partial charge in [0, 0.05) is 44.6 Å². The highest BCUT2D eigenvalue weighted by molar-refractivity contribution is 6.00. The number of amides is 1. The van der Waals surface area contributed by atoms with Crippen LogP contribution in [0.5, 0.6) is 0 Å². The van der Waals surface area contributed by atoms with E-state index in [1.807, 2.05) is 42.5 Å². The molecule has 3 rings (SSSR count). The van der Waals surface area contributed by atoms with Gasteiger partial charge in [0.25, 0.3) is 0 Å². The average molecular weight is 365 g/mol. The number of rotatable bonds is 7. The van der Waals surface area contributed by atoms with E-state index >= 15 is 0 Å². The maximum Gasteiger partial charge on any atom is 0.224 e. The summed E-state index contributed by atoms with van der Waals surface area (Å²) < 4.78 is 0. The molecule has 1 heterocycles. The van der Waals surface area contributed by atoms with Crippen molar-refractivity contribution in [2.75, 3.05) is 42.9 Å². The molecule has 0 bridgehead atoms. The van der Waals surface area contributed by atoms with E-state index in [0.717, 1.165) is 44.1 Å². The molecule has 0 saturated carbocycles. The van der Waals surface area contributed by atoms with E-state index in [1.165, 1.54) is 0 Å². The molecule has 5 nitrogen and oxygen atoms in total. The lowest BCUT2D eigenvalue weighted by Gasteiger charge is -2.36. The number of nitrogens with zero attached hydrogens (tertiary/aromatic N) is 2. The van der Waals surface area contributed by atoms with Gasteiger partial charge in [-0.15, -0.1) is 0 Å². The van der Waals surface area contributed by atoms with Gasteiger partial charge in [0.1, 0.15) is 0 Å². The van der Waals surface area contributed by atoms with Gasteiger partial charge in [-0.25, -0.2) is 0 Å². The zero-order valence-corrected chi connectivity index (χ0v) is 15.9. The van der Waals surface area contributed by atoms with E-state index in [-0.39, 0.29) is 24.5 Å². The van der Waals surface area contributed by atoms with Crippen LogP contribution < -0.4 is 10.2 Å². The Kier molecular flexibility index (Phi) is 6.60. The van der Waals surface area contributed by atoms with Gasteiger partial charge >= 0.3 is 0 Å². The lowest BCUT2D eigenvalue weighted by atomic mass is 10.1. The highest BCUT2D eigenvalue weighted by Crippen LogP contribution is 2.27. The Bertz CT molecular complexity index is 768. The van der Waals surface area contributed by atoms with Crippen LogP contribution in [-0.4, -0.2) is 49.3 Å². The molecule has 2 aromatic carbocycles. The third-order valence-electron chi connectivity index (χ3n) is 5.01. The number of benzene rings is 2. The van der Waals surface area contributed by atoms with Crippen molar-refractivity contribution in [2.45, 2.75) is 19.8 Å². The smallest absolute Gasteiger partial charge is 0.224 e. The number of Topliss-reactive ketones (excluding diaryl/α,β-unsaturated/α-hetero) is 1. The quantitative estimate of drug-likeness (QED) is 0.764. The Morgan fingerprint density at radius 1 is 0.889 bits per heavy atom. The van der Waals surface area contributed by atoms with Gasteiger partial charge in [-0.2, -0.15) is 0 Å². The highest BCUT2D eigenvalue weighted by atomic mass is 16.2. The number of carbonyl (C=O) groups excluding carboxylic acids is 2. The third-order valence-corrected chi connectivity index (χ3v) is 5.01. The fraction of sp³-hybridized carbons (Fsp3) is 0.364. The zero-order chi connectivity index (χ0) is 19.1. The molecule has 0 unspecified atom stereocenters. The molecule has 1 N–H and O–H groups in total. The van der Waals surface area contributed by atoms with Crippen LogP contribution >= 0.6 is 0 Å². The van der Waals surface area contributed by atoms with Crippen molar-refractivity contribution in [3.63, 3.8) is 0 Å². The molecule has 27 heavy (non-hydrogen) atoms. The number of ketones is 1. The van der Waals surface area contributed by atoms with Crippen LogP contribution in [0.3, 0.4) is 0 Å². The molecule has 1 fully saturated rings. The summed E-state index contributed by atoms with van der Waals surface area (Å²) in [5.74, 6) is -0.131. The zero-order valence-electron chi connectivity index (χ0n) is 15.9. The molecule has 0 atom stereocenters. The number of anilines is 2. The third kappa shape index (κ3) is 5.17. The first-order chi connectivity index (χ1) is 13.2. The molecular weight excluding hydrogens is 338 g/mol. The summed E-state index contributed by atoms with van der Waals surface area (Å²) in [5, 5.41) is 2.99. The molecule has 0 spiro atoms. The van der Waals surface area contributed by atoms with Crippen molar-refractivity contribution < 1.29 is 9.59 Å². The van der Waals surface area contributed by atoms with Crippen LogP contribution in [0.25, 0.3) is 0 Å². The summed E-state index contributed by atoms with van der Waals surface area (Å²) in [6, 6.07) is 17.0. The van der Waals surface area contributed by atoms with E-state index < -0.39 is 0 Å². The highest BCUT2D eigenvalue weighted by Gasteiger charge is 2.19. The minimum atomic E-state index is -0.126. The van der Waals surface area contributed by atoms with Gasteiger partial charge in [-0.05, 0) is 18.7 Å². The first-order valence-electron chi connectivity index (χ1n) is 9.62. The largest absolute Gasteiger partial charge is 0.367 e. The van der Waals surface area contributed by atoms with Crippen molar-refractivity contribution in [3.8, 4) is 0 Å². The Morgan fingerprint density at radius 3 is 2.26 bits per heavy atom. The fourth-order valence-corrected chi connectivity index (χ4v) is 3.37. The summed E-state index contributed by atoms with van der Waals surface area (Å²) >= 11 is 0. The fourth-order valence-electron chi connectivity index (χ4n) is 3.37. The van der Waals surface area contributed by atoms with Crippen molar-refractivity contribution in [1.29, 1.82) is 0 Å². The van der Waals surface area contributed by atoms with Crippen LogP contribution in [0.4, 0.5) is 11.4 Å². The second kappa shape index (κ2) is 9.33. The molecule has 2 aromatic rings. The monoisotopic (exact) mass is 365 g/mol. The maximum absolute atomic E-state index is 12.4. The number of likely N-dealkylation sites (N-methyl/N-ethyl adjacent to an activating group) is 1. The Labute approximate surface area is 161 Å². The molecule has 142 valence electrons. The van der Waals surface area contributed by atoms with Crippen LogP contribution in [0.1, 0.15) is 30.1 Å². The lowest BCUT2D eigenvalue weighted by molar-refractivity contribution is -0.116. The second-order valence-electron chi connectivity index (χ2n) is 6.78. The average Bonchev–Trinajstić information content (AvgIpc) is 2.73. The molecule has 1 aliphatic heterocycles. The van der Waals surface area contributed by atoms with E-state index in [4.69, 9.17) is 0 Å². The number of hydrogen-bond donors (Lipinski definition) is 1. The lowest BCUT2D eigenvalue weighted by Crippen LogP contribution is -2.46. The summed E-state index contributed by atoms with van der Waals surface area (Å²) in [6.45, 7) is 7.22. The molecule has 1 amide bonds. The van der Waals surface area contributed by atoms with Gasteiger partial charge in [-0.1, -0.05) is 49.4 Å². The summed E-state index contributed by atoms with van der Waals surface area (Å²) in [6.07, 6.45) is 0.402. The summed E-state index contributed by atoms with van der Waals surface area (Å²) in [5.41, 5.74) is 2.52. The topological polar surface area (TPSA) is 52.6 Å². The van der Waals surface area contributed by atoms with E-state index in [0.29, 0.717) is 5.56 Å². The number of para-hydroxylation sites is 2. The Hall–Kier alpha value is -2.66. The second-order valence-corrected chi connectivity index (χ2v) is 6.78. The number of carbonyl (C=O) groups is 2. The minimum Gasteiger partial charge on any atom is -0.367 e. The first-order valence-corrected chi connectivity index (χ1v) is 9.62. The molecule has 0 aromatic heterocycles. The van der Waals surface area contributed by atoms with Gasteiger partial charge in [0.05, 0.1) is 11.4 Å². The van der Waals surface area contributed by atoms with Crippen LogP contribution in [0.15, 0.2) is 54.6 Å². The van der Waals surface area contributed by atoms with E-state index in [1.54, 1.807) is 12.1 Å². The summed E-state index contributed by atoms with van der Waals surface area (Å²) in [7, 11) is 0. The molecule has 1 saturated heterocycles. The van der Waals surface area contributed by atoms with Gasteiger partial charge < -0.3 is 15.1 Å². The molecule has 5 heteroatoms. The number of nitrogens with one attached hydrogen (secondary N) is 1. The predicted octanol–water partition coefficient (Wildman–Crippen LogP) is 3.43. The molecule has 0 aliphatic carbocycles. The summed E-state index contributed by atoms with van der Waals surface area (Å²) in [4.78, 5) is 29.3. The number of hydrogen-bond acceptors (Lipinski definition) is 4. The van der Waals surface area contributed by atoms with Gasteiger partial charge in [0.2, 0.25) is 5.91 Å². The van der Waals surface area contributed by atoms with Gasteiger partial charge in [0.15, 0.2) is 5.78 Å². The van der Waals surface area contributed by atoms with Gasteiger partial charge in [-0.3, -0.25) is 9.59 Å².